The average Bonchev–Trinajstić information content (AvgIpc) is 2.36. The fraction of sp³-hybridized carbons (Fsp3) is 0.625. The monoisotopic (exact) mass is 245 g/mol. The Morgan fingerprint density at radius 2 is 2.06 bits per heavy atom. The second-order valence-electron chi connectivity index (χ2n) is 6.34. The van der Waals surface area contributed by atoms with Gasteiger partial charge in [-0.25, -0.2) is 0 Å². The van der Waals surface area contributed by atoms with Gasteiger partial charge in [0.1, 0.15) is 0 Å². The zero-order valence-corrected chi connectivity index (χ0v) is 11.2. The van der Waals surface area contributed by atoms with Crippen LogP contribution in [0.3, 0.4) is 0 Å². The van der Waals surface area contributed by atoms with Crippen LogP contribution in [0, 0.1) is 5.92 Å². The van der Waals surface area contributed by atoms with Crippen molar-refractivity contribution in [3.63, 3.8) is 0 Å². The van der Waals surface area contributed by atoms with Crippen molar-refractivity contribution in [2.45, 2.75) is 50.0 Å². The minimum Gasteiger partial charge on any atom is -0.389 e. The maximum absolute atomic E-state index is 11.0. The Labute approximate surface area is 109 Å². The summed E-state index contributed by atoms with van der Waals surface area (Å²) in [4.78, 5) is 0. The molecule has 0 bridgehead atoms. The molecule has 0 spiro atoms. The van der Waals surface area contributed by atoms with Crippen LogP contribution in [0.1, 0.15) is 43.7 Å². The molecule has 0 aliphatic heterocycles. The third-order valence-corrected chi connectivity index (χ3v) is 5.19. The van der Waals surface area contributed by atoms with E-state index >= 15 is 0 Å². The quantitative estimate of drug-likeness (QED) is 0.840. The first-order valence-electron chi connectivity index (χ1n) is 7.12. The van der Waals surface area contributed by atoms with Crippen molar-refractivity contribution in [2.24, 2.45) is 11.7 Å². The molecule has 1 aromatic rings. The summed E-state index contributed by atoms with van der Waals surface area (Å²) in [5.41, 5.74) is 8.07. The normalized spacial score (nSPS) is 38.9. The molecule has 3 N–H and O–H groups in total. The lowest BCUT2D eigenvalue weighted by molar-refractivity contribution is -0.132. The topological polar surface area (TPSA) is 46.2 Å². The molecule has 2 heteroatoms. The van der Waals surface area contributed by atoms with Gasteiger partial charge in [0.2, 0.25) is 0 Å². The van der Waals surface area contributed by atoms with Crippen molar-refractivity contribution in [1.29, 1.82) is 0 Å². The van der Waals surface area contributed by atoms with E-state index in [0.29, 0.717) is 12.5 Å². The van der Waals surface area contributed by atoms with Crippen LogP contribution in [-0.4, -0.2) is 17.3 Å². The number of aliphatic hydroxyl groups is 1. The van der Waals surface area contributed by atoms with Gasteiger partial charge < -0.3 is 10.8 Å². The van der Waals surface area contributed by atoms with Crippen molar-refractivity contribution >= 4 is 0 Å². The number of hydrogen-bond donors (Lipinski definition) is 2. The second kappa shape index (κ2) is 4.07. The van der Waals surface area contributed by atoms with E-state index in [4.69, 9.17) is 5.73 Å². The van der Waals surface area contributed by atoms with Crippen LogP contribution in [0.25, 0.3) is 0 Å². The Balaban J connectivity index is 2.08. The summed E-state index contributed by atoms with van der Waals surface area (Å²) in [6.07, 6.45) is 5.11. The number of aryl methyl sites for hydroxylation is 1. The highest BCUT2D eigenvalue weighted by Gasteiger charge is 2.57. The average molecular weight is 245 g/mol. The molecule has 0 radical (unpaired) electrons. The van der Waals surface area contributed by atoms with Crippen LogP contribution >= 0.6 is 0 Å². The van der Waals surface area contributed by atoms with Gasteiger partial charge in [0.15, 0.2) is 0 Å². The predicted octanol–water partition coefficient (Wildman–Crippen LogP) is 2.38. The zero-order valence-electron chi connectivity index (χ0n) is 11.2. The number of hydrogen-bond acceptors (Lipinski definition) is 2. The molecule has 1 unspecified atom stereocenters. The summed E-state index contributed by atoms with van der Waals surface area (Å²) < 4.78 is 0. The minimum atomic E-state index is -0.572. The Morgan fingerprint density at radius 1 is 1.33 bits per heavy atom. The van der Waals surface area contributed by atoms with Gasteiger partial charge in [-0.15, -0.1) is 0 Å². The molecule has 98 valence electrons. The maximum Gasteiger partial charge on any atom is 0.0761 e. The smallest absolute Gasteiger partial charge is 0.0761 e. The SMILES string of the molecule is CC1CC(O)(C2(CN)CCCc3ccccc32)C1. The lowest BCUT2D eigenvalue weighted by atomic mass is 9.51. The van der Waals surface area contributed by atoms with Crippen molar-refractivity contribution in [2.75, 3.05) is 6.54 Å². The van der Waals surface area contributed by atoms with E-state index in [1.807, 2.05) is 0 Å². The molecule has 2 aliphatic rings. The Kier molecular flexibility index (Phi) is 2.76. The van der Waals surface area contributed by atoms with Crippen LogP contribution in [0.4, 0.5) is 0 Å². The summed E-state index contributed by atoms with van der Waals surface area (Å²) in [6.45, 7) is 2.78. The highest BCUT2D eigenvalue weighted by atomic mass is 16.3. The van der Waals surface area contributed by atoms with E-state index in [0.717, 1.165) is 32.1 Å². The molecule has 0 amide bonds. The Morgan fingerprint density at radius 3 is 2.72 bits per heavy atom. The van der Waals surface area contributed by atoms with Crippen LogP contribution in [0.5, 0.6) is 0 Å². The van der Waals surface area contributed by atoms with E-state index in [-0.39, 0.29) is 5.41 Å². The number of nitrogens with two attached hydrogens (primary N) is 1. The summed E-state index contributed by atoms with van der Waals surface area (Å²) >= 11 is 0. The standard InChI is InChI=1S/C16H23NO/c1-12-9-16(18,10-12)15(11-17)8-4-6-13-5-2-3-7-14(13)15/h2-3,5,7,12,18H,4,6,8-11,17H2,1H3. The van der Waals surface area contributed by atoms with E-state index in [1.165, 1.54) is 11.1 Å². The first kappa shape index (κ1) is 12.2. The van der Waals surface area contributed by atoms with Gasteiger partial charge in [0.25, 0.3) is 0 Å². The summed E-state index contributed by atoms with van der Waals surface area (Å²) in [7, 11) is 0. The zero-order chi connectivity index (χ0) is 12.8. The molecule has 1 aromatic carbocycles. The summed E-state index contributed by atoms with van der Waals surface area (Å²) in [5.74, 6) is 0.632. The second-order valence-corrected chi connectivity index (χ2v) is 6.34. The molecular formula is C16H23NO. The number of fused-ring (bicyclic) bond motifs is 1. The molecule has 2 aliphatic carbocycles. The minimum absolute atomic E-state index is 0.200. The third kappa shape index (κ3) is 1.49. The van der Waals surface area contributed by atoms with Crippen LogP contribution in [0.2, 0.25) is 0 Å². The molecule has 3 rings (SSSR count). The lowest BCUT2D eigenvalue weighted by Crippen LogP contribution is -2.63. The molecule has 1 saturated carbocycles. The van der Waals surface area contributed by atoms with Crippen molar-refractivity contribution in [3.8, 4) is 0 Å². The Hall–Kier alpha value is -0.860. The van der Waals surface area contributed by atoms with Gasteiger partial charge in [0.05, 0.1) is 5.60 Å². The number of benzene rings is 1. The van der Waals surface area contributed by atoms with Gasteiger partial charge in [-0.2, -0.15) is 0 Å². The van der Waals surface area contributed by atoms with Gasteiger partial charge in [-0.05, 0) is 49.1 Å². The number of rotatable bonds is 2. The maximum atomic E-state index is 11.0. The van der Waals surface area contributed by atoms with Crippen LogP contribution < -0.4 is 5.73 Å². The fourth-order valence-electron chi connectivity index (χ4n) is 4.29. The van der Waals surface area contributed by atoms with Gasteiger partial charge in [-0.3, -0.25) is 0 Å². The molecule has 1 atom stereocenters. The highest BCUT2D eigenvalue weighted by molar-refractivity contribution is 5.41. The third-order valence-electron chi connectivity index (χ3n) is 5.19. The van der Waals surface area contributed by atoms with Gasteiger partial charge in [0, 0.05) is 12.0 Å². The largest absolute Gasteiger partial charge is 0.389 e. The van der Waals surface area contributed by atoms with Crippen molar-refractivity contribution in [3.05, 3.63) is 35.4 Å². The molecule has 2 nitrogen and oxygen atoms in total. The molecule has 0 aromatic heterocycles. The summed E-state index contributed by atoms with van der Waals surface area (Å²) in [6, 6.07) is 8.56. The first-order valence-corrected chi connectivity index (χ1v) is 7.12. The van der Waals surface area contributed by atoms with Crippen LogP contribution in [-0.2, 0) is 11.8 Å². The highest BCUT2D eigenvalue weighted by Crippen LogP contribution is 2.54. The molecule has 1 fully saturated rings. The lowest BCUT2D eigenvalue weighted by Gasteiger charge is -2.57. The molecular weight excluding hydrogens is 222 g/mol. The van der Waals surface area contributed by atoms with E-state index in [9.17, 15) is 5.11 Å². The molecule has 0 heterocycles. The van der Waals surface area contributed by atoms with E-state index < -0.39 is 5.60 Å². The van der Waals surface area contributed by atoms with Gasteiger partial charge in [-0.1, -0.05) is 31.2 Å². The predicted molar refractivity (Wildman–Crippen MR) is 73.5 cm³/mol. The van der Waals surface area contributed by atoms with Crippen molar-refractivity contribution in [1.82, 2.24) is 0 Å². The summed E-state index contributed by atoms with van der Waals surface area (Å²) in [5, 5.41) is 11.0. The first-order chi connectivity index (χ1) is 8.61. The van der Waals surface area contributed by atoms with Gasteiger partial charge >= 0.3 is 0 Å². The molecule has 0 saturated heterocycles. The van der Waals surface area contributed by atoms with E-state index in [1.54, 1.807) is 0 Å². The fourth-order valence-corrected chi connectivity index (χ4v) is 4.29. The molecule has 18 heavy (non-hydrogen) atoms. The van der Waals surface area contributed by atoms with Crippen LogP contribution in [0.15, 0.2) is 24.3 Å². The van der Waals surface area contributed by atoms with Crippen molar-refractivity contribution < 1.29 is 5.11 Å². The van der Waals surface area contributed by atoms with E-state index in [2.05, 4.69) is 31.2 Å². The Bertz CT molecular complexity index is 450.